The molecule has 5 nitrogen and oxygen atoms in total. The number of benzene rings is 1. The summed E-state index contributed by atoms with van der Waals surface area (Å²) in [5, 5.41) is 6.91. The predicted octanol–water partition coefficient (Wildman–Crippen LogP) is 2.73. The van der Waals surface area contributed by atoms with Gasteiger partial charge in [0.2, 0.25) is 0 Å². The Morgan fingerprint density at radius 3 is 2.76 bits per heavy atom. The first-order valence-electron chi connectivity index (χ1n) is 6.54. The smallest absolute Gasteiger partial charge is 0.256 e. The molecular formula is C16H14N4O. The van der Waals surface area contributed by atoms with Gasteiger partial charge in [-0.1, -0.05) is 18.2 Å². The quantitative estimate of drug-likeness (QED) is 0.801. The zero-order chi connectivity index (χ0) is 14.7. The monoisotopic (exact) mass is 278 g/mol. The van der Waals surface area contributed by atoms with Crippen LogP contribution in [-0.2, 0) is 7.05 Å². The number of hydrogen-bond acceptors (Lipinski definition) is 3. The van der Waals surface area contributed by atoms with Gasteiger partial charge in [-0.25, -0.2) is 4.98 Å². The number of hydrogen-bond donors (Lipinski definition) is 1. The summed E-state index contributed by atoms with van der Waals surface area (Å²) in [6.07, 6.45) is 5.33. The Balaban J connectivity index is 1.84. The highest BCUT2D eigenvalue weighted by molar-refractivity contribution is 6.04. The first-order chi connectivity index (χ1) is 10.2. The van der Waals surface area contributed by atoms with Crippen LogP contribution in [0.5, 0.6) is 0 Å². The molecule has 1 N–H and O–H groups in total. The number of aromatic nitrogens is 3. The van der Waals surface area contributed by atoms with Crippen LogP contribution in [0, 0.1) is 0 Å². The molecule has 0 aliphatic rings. The largest absolute Gasteiger partial charge is 0.307 e. The highest BCUT2D eigenvalue weighted by atomic mass is 16.1. The van der Waals surface area contributed by atoms with Gasteiger partial charge in [-0.15, -0.1) is 0 Å². The lowest BCUT2D eigenvalue weighted by Gasteiger charge is -2.05. The molecule has 0 unspecified atom stereocenters. The van der Waals surface area contributed by atoms with Crippen LogP contribution in [0.25, 0.3) is 11.1 Å². The maximum absolute atomic E-state index is 12.2. The number of anilines is 1. The molecule has 0 saturated carbocycles. The molecule has 0 fully saturated rings. The molecule has 5 heteroatoms. The minimum absolute atomic E-state index is 0.181. The number of aryl methyl sites for hydroxylation is 1. The van der Waals surface area contributed by atoms with Crippen molar-refractivity contribution in [2.45, 2.75) is 0 Å². The third-order valence-corrected chi connectivity index (χ3v) is 3.07. The molecule has 0 bridgehead atoms. The third kappa shape index (κ3) is 2.97. The van der Waals surface area contributed by atoms with Crippen LogP contribution >= 0.6 is 0 Å². The molecule has 2 aromatic heterocycles. The summed E-state index contributed by atoms with van der Waals surface area (Å²) in [7, 11) is 1.86. The molecule has 0 atom stereocenters. The van der Waals surface area contributed by atoms with Crippen molar-refractivity contribution in [3.63, 3.8) is 0 Å². The normalized spacial score (nSPS) is 10.3. The van der Waals surface area contributed by atoms with Crippen molar-refractivity contribution < 1.29 is 4.79 Å². The number of rotatable bonds is 3. The van der Waals surface area contributed by atoms with Crippen LogP contribution in [0.4, 0.5) is 5.82 Å². The Morgan fingerprint density at radius 2 is 2.05 bits per heavy atom. The van der Waals surface area contributed by atoms with Crippen LogP contribution in [0.3, 0.4) is 0 Å². The molecular weight excluding hydrogens is 264 g/mol. The van der Waals surface area contributed by atoms with Crippen molar-refractivity contribution in [2.75, 3.05) is 5.32 Å². The van der Waals surface area contributed by atoms with Gasteiger partial charge in [0, 0.05) is 30.6 Å². The minimum Gasteiger partial charge on any atom is -0.307 e. The fourth-order valence-corrected chi connectivity index (χ4v) is 2.04. The zero-order valence-electron chi connectivity index (χ0n) is 11.5. The lowest BCUT2D eigenvalue weighted by atomic mass is 10.1. The topological polar surface area (TPSA) is 59.8 Å². The summed E-state index contributed by atoms with van der Waals surface area (Å²) in [5.74, 6) is 0.355. The number of amides is 1. The van der Waals surface area contributed by atoms with E-state index in [9.17, 15) is 4.79 Å². The predicted molar refractivity (Wildman–Crippen MR) is 80.8 cm³/mol. The molecule has 0 aliphatic carbocycles. The summed E-state index contributed by atoms with van der Waals surface area (Å²) in [5.41, 5.74) is 2.52. The summed E-state index contributed by atoms with van der Waals surface area (Å²) >= 11 is 0. The van der Waals surface area contributed by atoms with Gasteiger partial charge >= 0.3 is 0 Å². The van der Waals surface area contributed by atoms with Crippen molar-refractivity contribution in [1.29, 1.82) is 0 Å². The summed E-state index contributed by atoms with van der Waals surface area (Å²) in [6, 6.07) is 12.8. The van der Waals surface area contributed by atoms with Gasteiger partial charge in [0.1, 0.15) is 5.82 Å². The molecule has 1 amide bonds. The Bertz CT molecular complexity index is 765. The first-order valence-corrected chi connectivity index (χ1v) is 6.54. The van der Waals surface area contributed by atoms with Crippen molar-refractivity contribution in [1.82, 2.24) is 14.8 Å². The summed E-state index contributed by atoms with van der Waals surface area (Å²) in [4.78, 5) is 16.3. The van der Waals surface area contributed by atoms with Crippen LogP contribution < -0.4 is 5.32 Å². The highest BCUT2D eigenvalue weighted by Crippen LogP contribution is 2.20. The van der Waals surface area contributed by atoms with Gasteiger partial charge in [0.05, 0.1) is 6.20 Å². The third-order valence-electron chi connectivity index (χ3n) is 3.07. The summed E-state index contributed by atoms with van der Waals surface area (Å²) < 4.78 is 1.73. The van der Waals surface area contributed by atoms with E-state index < -0.39 is 0 Å². The van der Waals surface area contributed by atoms with Gasteiger partial charge in [0.15, 0.2) is 0 Å². The van der Waals surface area contributed by atoms with E-state index in [4.69, 9.17) is 0 Å². The molecule has 3 aromatic rings. The standard InChI is InChI=1S/C16H14N4O/c1-20-11-14(10-18-20)12-5-4-6-13(9-12)16(21)19-15-7-2-3-8-17-15/h2-11H,1H3,(H,17,19,21). The van der Waals surface area contributed by atoms with Gasteiger partial charge in [-0.2, -0.15) is 5.10 Å². The van der Waals surface area contributed by atoms with E-state index in [1.54, 1.807) is 35.3 Å². The number of pyridine rings is 1. The van der Waals surface area contributed by atoms with Gasteiger partial charge in [0.25, 0.3) is 5.91 Å². The van der Waals surface area contributed by atoms with Gasteiger partial charge in [-0.3, -0.25) is 9.48 Å². The first kappa shape index (κ1) is 13.1. The molecule has 104 valence electrons. The fraction of sp³-hybridized carbons (Fsp3) is 0.0625. The van der Waals surface area contributed by atoms with E-state index in [0.29, 0.717) is 11.4 Å². The maximum atomic E-state index is 12.2. The molecule has 0 aliphatic heterocycles. The number of carbonyl (C=O) groups is 1. The zero-order valence-corrected chi connectivity index (χ0v) is 11.5. The Hall–Kier alpha value is -2.95. The van der Waals surface area contributed by atoms with Crippen LogP contribution in [0.1, 0.15) is 10.4 Å². The molecule has 0 radical (unpaired) electrons. The summed E-state index contributed by atoms with van der Waals surface area (Å²) in [6.45, 7) is 0. The molecule has 21 heavy (non-hydrogen) atoms. The SMILES string of the molecule is Cn1cc(-c2cccc(C(=O)Nc3ccccn3)c2)cn1. The molecule has 2 heterocycles. The second-order valence-corrected chi connectivity index (χ2v) is 4.65. The number of nitrogens with zero attached hydrogens (tertiary/aromatic N) is 3. The highest BCUT2D eigenvalue weighted by Gasteiger charge is 2.08. The minimum atomic E-state index is -0.181. The lowest BCUT2D eigenvalue weighted by molar-refractivity contribution is 0.102. The molecule has 0 spiro atoms. The Kier molecular flexibility index (Phi) is 3.47. The van der Waals surface area contributed by atoms with Crippen molar-refractivity contribution in [2.24, 2.45) is 7.05 Å². The van der Waals surface area contributed by atoms with Gasteiger partial charge in [-0.05, 0) is 29.8 Å². The van der Waals surface area contributed by atoms with Crippen LogP contribution in [0.15, 0.2) is 61.1 Å². The molecule has 3 rings (SSSR count). The second kappa shape index (κ2) is 5.58. The van der Waals surface area contributed by atoms with Crippen molar-refractivity contribution in [3.8, 4) is 11.1 Å². The Labute approximate surface area is 122 Å². The second-order valence-electron chi connectivity index (χ2n) is 4.65. The van der Waals surface area contributed by atoms with Gasteiger partial charge < -0.3 is 5.32 Å². The van der Waals surface area contributed by atoms with E-state index in [2.05, 4.69) is 15.4 Å². The average molecular weight is 278 g/mol. The number of nitrogens with one attached hydrogen (secondary N) is 1. The fourth-order valence-electron chi connectivity index (χ4n) is 2.04. The van der Waals surface area contributed by atoms with Crippen molar-refractivity contribution in [3.05, 3.63) is 66.6 Å². The van der Waals surface area contributed by atoms with E-state index in [1.165, 1.54) is 0 Å². The molecule has 0 saturated heterocycles. The van der Waals surface area contributed by atoms with E-state index in [1.807, 2.05) is 37.5 Å². The van der Waals surface area contributed by atoms with Crippen LogP contribution in [-0.4, -0.2) is 20.7 Å². The molecule has 1 aromatic carbocycles. The lowest BCUT2D eigenvalue weighted by Crippen LogP contribution is -2.12. The van der Waals surface area contributed by atoms with E-state index in [-0.39, 0.29) is 5.91 Å². The maximum Gasteiger partial charge on any atom is 0.256 e. The Morgan fingerprint density at radius 1 is 1.14 bits per heavy atom. The van der Waals surface area contributed by atoms with Crippen molar-refractivity contribution >= 4 is 11.7 Å². The number of carbonyl (C=O) groups excluding carboxylic acids is 1. The van der Waals surface area contributed by atoms with E-state index >= 15 is 0 Å². The van der Waals surface area contributed by atoms with Crippen LogP contribution in [0.2, 0.25) is 0 Å². The van der Waals surface area contributed by atoms with E-state index in [0.717, 1.165) is 11.1 Å². The average Bonchev–Trinajstić information content (AvgIpc) is 2.95.